The van der Waals surface area contributed by atoms with E-state index in [4.69, 9.17) is 9.47 Å². The lowest BCUT2D eigenvalue weighted by molar-refractivity contribution is -0.161. The SMILES string of the molecule is CC/C=C/C=C/C=C/C=C/C=C/C=C/CCCCCC(=O)OC(CO)COC(=O)CCCCC/C=C/C=C/C=C/C=C/CC. The third-order valence-corrected chi connectivity index (χ3v) is 6.01. The maximum Gasteiger partial charge on any atom is 0.306 e. The number of carbonyl (C=O) groups excluding carboxylic acids is 2. The molecular weight excluding hydrogens is 548 g/mol. The first-order valence-corrected chi connectivity index (χ1v) is 16.2. The molecule has 0 bridgehead atoms. The van der Waals surface area contributed by atoms with E-state index >= 15 is 0 Å². The smallest absolute Gasteiger partial charge is 0.306 e. The van der Waals surface area contributed by atoms with E-state index in [1.54, 1.807) is 0 Å². The second-order valence-electron chi connectivity index (χ2n) is 10.0. The zero-order chi connectivity index (χ0) is 32.2. The van der Waals surface area contributed by atoms with E-state index in [1.807, 2.05) is 97.2 Å². The van der Waals surface area contributed by atoms with Crippen molar-refractivity contribution >= 4 is 11.9 Å². The van der Waals surface area contributed by atoms with Crippen LogP contribution < -0.4 is 0 Å². The number of aliphatic hydroxyl groups is 1. The highest BCUT2D eigenvalue weighted by atomic mass is 16.6. The fourth-order valence-corrected chi connectivity index (χ4v) is 3.59. The minimum absolute atomic E-state index is 0.115. The summed E-state index contributed by atoms with van der Waals surface area (Å²) >= 11 is 0. The van der Waals surface area contributed by atoms with Gasteiger partial charge in [0, 0.05) is 12.8 Å². The molecule has 0 aliphatic carbocycles. The average Bonchev–Trinajstić information content (AvgIpc) is 3.02. The molecule has 44 heavy (non-hydrogen) atoms. The van der Waals surface area contributed by atoms with Crippen molar-refractivity contribution in [3.63, 3.8) is 0 Å². The van der Waals surface area contributed by atoms with Gasteiger partial charge < -0.3 is 14.6 Å². The van der Waals surface area contributed by atoms with Gasteiger partial charge in [-0.05, 0) is 51.4 Å². The van der Waals surface area contributed by atoms with Crippen molar-refractivity contribution in [2.75, 3.05) is 13.2 Å². The van der Waals surface area contributed by atoms with Gasteiger partial charge in [0.15, 0.2) is 6.10 Å². The van der Waals surface area contributed by atoms with Crippen LogP contribution >= 0.6 is 0 Å². The maximum atomic E-state index is 12.1. The molecule has 0 spiro atoms. The molecule has 0 aliphatic heterocycles. The first kappa shape index (κ1) is 40.3. The number of carbonyl (C=O) groups is 2. The van der Waals surface area contributed by atoms with Gasteiger partial charge >= 0.3 is 11.9 Å². The topological polar surface area (TPSA) is 72.8 Å². The Bertz CT molecular complexity index is 1000. The Morgan fingerprint density at radius 2 is 0.909 bits per heavy atom. The number of rotatable bonds is 26. The quantitative estimate of drug-likeness (QED) is 0.0604. The van der Waals surface area contributed by atoms with Crippen molar-refractivity contribution in [3.8, 4) is 0 Å². The van der Waals surface area contributed by atoms with Crippen LogP contribution in [0.15, 0.2) is 122 Å². The minimum atomic E-state index is -0.819. The third kappa shape index (κ3) is 31.2. The molecule has 0 fully saturated rings. The Morgan fingerprint density at radius 3 is 1.32 bits per heavy atom. The molecule has 0 radical (unpaired) electrons. The summed E-state index contributed by atoms with van der Waals surface area (Å²) in [4.78, 5) is 24.1. The molecule has 0 aliphatic rings. The summed E-state index contributed by atoms with van der Waals surface area (Å²) in [7, 11) is 0. The van der Waals surface area contributed by atoms with Crippen molar-refractivity contribution in [2.24, 2.45) is 0 Å². The van der Waals surface area contributed by atoms with Gasteiger partial charge in [0.1, 0.15) is 6.61 Å². The number of aliphatic hydroxyl groups excluding tert-OH is 1. The summed E-state index contributed by atoms with van der Waals surface area (Å²) in [6.45, 7) is 3.73. The van der Waals surface area contributed by atoms with E-state index < -0.39 is 6.10 Å². The lowest BCUT2D eigenvalue weighted by Gasteiger charge is -2.15. The summed E-state index contributed by atoms with van der Waals surface area (Å²) < 4.78 is 10.5. The van der Waals surface area contributed by atoms with Gasteiger partial charge in [0.05, 0.1) is 6.61 Å². The maximum absolute atomic E-state index is 12.1. The van der Waals surface area contributed by atoms with Crippen molar-refractivity contribution in [3.05, 3.63) is 122 Å². The third-order valence-electron chi connectivity index (χ3n) is 6.01. The molecule has 0 aromatic heterocycles. The summed E-state index contributed by atoms with van der Waals surface area (Å²) in [6, 6.07) is 0. The van der Waals surface area contributed by atoms with Gasteiger partial charge in [0.2, 0.25) is 0 Å². The van der Waals surface area contributed by atoms with Crippen LogP contribution in [0.2, 0.25) is 0 Å². The predicted molar refractivity (Wildman–Crippen MR) is 186 cm³/mol. The molecule has 242 valence electrons. The molecule has 5 heteroatoms. The molecule has 0 amide bonds. The lowest BCUT2D eigenvalue weighted by atomic mass is 10.1. The van der Waals surface area contributed by atoms with Gasteiger partial charge in [-0.25, -0.2) is 0 Å². The zero-order valence-electron chi connectivity index (χ0n) is 27.1. The molecule has 1 N–H and O–H groups in total. The van der Waals surface area contributed by atoms with Crippen LogP contribution in [0, 0.1) is 0 Å². The van der Waals surface area contributed by atoms with Crippen LogP contribution in [0.3, 0.4) is 0 Å². The van der Waals surface area contributed by atoms with E-state index in [9.17, 15) is 14.7 Å². The molecule has 0 heterocycles. The number of allylic oxidation sites excluding steroid dienone is 20. The van der Waals surface area contributed by atoms with Crippen LogP contribution in [0.25, 0.3) is 0 Å². The highest BCUT2D eigenvalue weighted by molar-refractivity contribution is 5.70. The fourth-order valence-electron chi connectivity index (χ4n) is 3.59. The Hall–Kier alpha value is -3.70. The van der Waals surface area contributed by atoms with Gasteiger partial charge in [-0.2, -0.15) is 0 Å². The second kappa shape index (κ2) is 33.8. The monoisotopic (exact) mass is 604 g/mol. The Kier molecular flexibility index (Phi) is 31.0. The van der Waals surface area contributed by atoms with Gasteiger partial charge in [0.25, 0.3) is 0 Å². The van der Waals surface area contributed by atoms with Gasteiger partial charge in [-0.1, -0.05) is 148 Å². The van der Waals surface area contributed by atoms with Crippen LogP contribution in [-0.2, 0) is 19.1 Å². The van der Waals surface area contributed by atoms with Gasteiger partial charge in [-0.3, -0.25) is 9.59 Å². The zero-order valence-corrected chi connectivity index (χ0v) is 27.1. The Labute approximate surface area is 267 Å². The summed E-state index contributed by atoms with van der Waals surface area (Å²) in [5.74, 6) is -0.708. The molecule has 0 saturated heterocycles. The number of hydrogen-bond donors (Lipinski definition) is 1. The minimum Gasteiger partial charge on any atom is -0.462 e. The predicted octanol–water partition coefficient (Wildman–Crippen LogP) is 9.72. The molecule has 0 aromatic rings. The fraction of sp³-hybridized carbons (Fsp3) is 0.436. The first-order chi connectivity index (χ1) is 21.6. The van der Waals surface area contributed by atoms with E-state index in [2.05, 4.69) is 38.2 Å². The first-order valence-electron chi connectivity index (χ1n) is 16.2. The molecule has 0 saturated carbocycles. The normalized spacial score (nSPS) is 13.8. The molecule has 1 unspecified atom stereocenters. The molecule has 0 aromatic carbocycles. The lowest BCUT2D eigenvalue weighted by Crippen LogP contribution is -2.28. The Balaban J connectivity index is 3.85. The van der Waals surface area contributed by atoms with Crippen LogP contribution in [0.5, 0.6) is 0 Å². The summed E-state index contributed by atoms with van der Waals surface area (Å²) in [5, 5.41) is 9.50. The second-order valence-corrected chi connectivity index (χ2v) is 10.0. The van der Waals surface area contributed by atoms with Crippen molar-refractivity contribution in [1.29, 1.82) is 0 Å². The molecule has 1 atom stereocenters. The van der Waals surface area contributed by atoms with E-state index in [0.29, 0.717) is 6.42 Å². The number of ether oxygens (including phenoxy) is 2. The number of hydrogen-bond acceptors (Lipinski definition) is 5. The highest BCUT2D eigenvalue weighted by Crippen LogP contribution is 2.08. The summed E-state index contributed by atoms with van der Waals surface area (Å²) in [6.07, 6.45) is 49.6. The van der Waals surface area contributed by atoms with Crippen LogP contribution in [-0.4, -0.2) is 36.4 Å². The average molecular weight is 605 g/mol. The standard InChI is InChI=1S/C39H56O5/c1-3-5-7-9-11-13-15-17-18-19-20-22-24-26-28-30-32-34-39(42)44-37(35-40)36-43-38(41)33-31-29-27-25-23-21-16-14-12-10-8-6-4-2/h5-24,37,40H,3-4,25-36H2,1-2H3/b7-5+,8-6+,11-9+,12-10+,15-13+,16-14+,18-17+,20-19+,23-21+,24-22+. The van der Waals surface area contributed by atoms with Crippen molar-refractivity contribution < 1.29 is 24.2 Å². The van der Waals surface area contributed by atoms with E-state index in [-0.39, 0.29) is 31.6 Å². The largest absolute Gasteiger partial charge is 0.462 e. The summed E-state index contributed by atoms with van der Waals surface area (Å²) in [5.41, 5.74) is 0. The number of esters is 2. The van der Waals surface area contributed by atoms with Crippen LogP contribution in [0.4, 0.5) is 0 Å². The molecule has 5 nitrogen and oxygen atoms in total. The van der Waals surface area contributed by atoms with Crippen molar-refractivity contribution in [2.45, 2.75) is 97.0 Å². The Morgan fingerprint density at radius 1 is 0.523 bits per heavy atom. The van der Waals surface area contributed by atoms with E-state index in [1.165, 1.54) is 0 Å². The van der Waals surface area contributed by atoms with Gasteiger partial charge in [-0.15, -0.1) is 0 Å². The highest BCUT2D eigenvalue weighted by Gasteiger charge is 2.15. The van der Waals surface area contributed by atoms with Crippen molar-refractivity contribution in [1.82, 2.24) is 0 Å². The molecular formula is C39H56O5. The van der Waals surface area contributed by atoms with E-state index in [0.717, 1.165) is 64.2 Å². The number of unbranched alkanes of at least 4 members (excludes halogenated alkanes) is 6. The molecule has 0 rings (SSSR count). The van der Waals surface area contributed by atoms with Crippen LogP contribution in [0.1, 0.15) is 90.9 Å².